The SMILES string of the molecule is CC(C)(C)c1ccc2c(c1)c1ccccc1n2-c1cc(-c2c(F)c(F)cc(F)c2F)cc(-n2c3ccccc3c3cc(C(C)(C)C)ccc32)c1C(F)(F)F. The highest BCUT2D eigenvalue weighted by Gasteiger charge is 2.40. The minimum Gasteiger partial charge on any atom is -0.309 e. The van der Waals surface area contributed by atoms with Crippen molar-refractivity contribution < 1.29 is 30.7 Å². The molecule has 2 nitrogen and oxygen atoms in total. The summed E-state index contributed by atoms with van der Waals surface area (Å²) < 4.78 is 112. The highest BCUT2D eigenvalue weighted by Crippen LogP contribution is 2.47. The van der Waals surface area contributed by atoms with Gasteiger partial charge < -0.3 is 9.13 Å². The van der Waals surface area contributed by atoms with Crippen LogP contribution in [0.2, 0.25) is 0 Å². The van der Waals surface area contributed by atoms with Gasteiger partial charge in [0.05, 0.1) is 39.0 Å². The van der Waals surface area contributed by atoms with Gasteiger partial charge in [-0.2, -0.15) is 13.2 Å². The monoisotopic (exact) mass is 736 g/mol. The second kappa shape index (κ2) is 12.0. The predicted molar refractivity (Wildman–Crippen MR) is 203 cm³/mol. The number of hydrogen-bond acceptors (Lipinski definition) is 0. The first-order valence-electron chi connectivity index (χ1n) is 17.5. The Kier molecular flexibility index (Phi) is 7.86. The van der Waals surface area contributed by atoms with E-state index < -0.39 is 57.5 Å². The molecule has 54 heavy (non-hydrogen) atoms. The van der Waals surface area contributed by atoms with E-state index in [0.29, 0.717) is 43.6 Å². The number of halogens is 7. The van der Waals surface area contributed by atoms with Crippen LogP contribution in [0.3, 0.4) is 0 Å². The van der Waals surface area contributed by atoms with Crippen LogP contribution in [-0.2, 0) is 17.0 Å². The Morgan fingerprint density at radius 2 is 0.833 bits per heavy atom. The van der Waals surface area contributed by atoms with Gasteiger partial charge in [-0.25, -0.2) is 17.6 Å². The molecular formula is C45H35F7N2. The van der Waals surface area contributed by atoms with Crippen LogP contribution < -0.4 is 0 Å². The highest BCUT2D eigenvalue weighted by molar-refractivity contribution is 6.11. The van der Waals surface area contributed by atoms with Crippen molar-refractivity contribution in [1.82, 2.24) is 9.13 Å². The van der Waals surface area contributed by atoms with Crippen LogP contribution in [0.5, 0.6) is 0 Å². The molecule has 0 aliphatic heterocycles. The lowest BCUT2D eigenvalue weighted by Crippen LogP contribution is -2.16. The number of rotatable bonds is 3. The summed E-state index contributed by atoms with van der Waals surface area (Å²) in [7, 11) is 0. The van der Waals surface area contributed by atoms with E-state index in [9.17, 15) is 8.78 Å². The first-order valence-corrected chi connectivity index (χ1v) is 17.5. The summed E-state index contributed by atoms with van der Waals surface area (Å²) in [5.41, 5.74) is -0.710. The van der Waals surface area contributed by atoms with Crippen molar-refractivity contribution in [3.63, 3.8) is 0 Å². The predicted octanol–water partition coefficient (Wildman–Crippen LogP) is 13.7. The molecule has 0 fully saturated rings. The van der Waals surface area contributed by atoms with Crippen molar-refractivity contribution in [2.45, 2.75) is 58.5 Å². The zero-order valence-electron chi connectivity index (χ0n) is 30.4. The summed E-state index contributed by atoms with van der Waals surface area (Å²) in [5.74, 6) is -6.80. The number of benzene rings is 6. The van der Waals surface area contributed by atoms with Crippen LogP contribution in [0.1, 0.15) is 58.2 Å². The van der Waals surface area contributed by atoms with Gasteiger partial charge >= 0.3 is 6.18 Å². The molecule has 274 valence electrons. The quantitative estimate of drug-likeness (QED) is 0.126. The van der Waals surface area contributed by atoms with E-state index in [-0.39, 0.29) is 16.9 Å². The minimum absolute atomic E-state index is 0.0829. The summed E-state index contributed by atoms with van der Waals surface area (Å²) >= 11 is 0. The number of aromatic nitrogens is 2. The molecule has 2 aromatic heterocycles. The second-order valence-corrected chi connectivity index (χ2v) is 15.9. The third kappa shape index (κ3) is 5.46. The fourth-order valence-corrected chi connectivity index (χ4v) is 7.62. The molecule has 6 aromatic carbocycles. The lowest BCUT2D eigenvalue weighted by atomic mass is 9.86. The maximum atomic E-state index is 16.1. The highest BCUT2D eigenvalue weighted by atomic mass is 19.4. The van der Waals surface area contributed by atoms with Crippen molar-refractivity contribution in [1.29, 1.82) is 0 Å². The Hall–Kier alpha value is -5.57. The standard InChI is InChI=1S/C45H35F7N2/c1-43(2,3)25-15-17-35-29(21-25)27-11-7-9-13-33(27)53(35)37-19-24(39-41(48)31(46)23-32(47)42(39)49)20-38(40(37)45(50,51)52)54-34-14-10-8-12-28(34)30-22-26(44(4,5)6)16-18-36(30)54/h7-23H,1-6H3. The molecule has 0 N–H and O–H groups in total. The first-order chi connectivity index (χ1) is 25.4. The number of fused-ring (bicyclic) bond motifs is 6. The molecule has 8 rings (SSSR count). The topological polar surface area (TPSA) is 9.86 Å². The van der Waals surface area contributed by atoms with Crippen molar-refractivity contribution >= 4 is 43.6 Å². The summed E-state index contributed by atoms with van der Waals surface area (Å²) in [5, 5.41) is 2.64. The average Bonchev–Trinajstić information content (AvgIpc) is 3.61. The van der Waals surface area contributed by atoms with Gasteiger partial charge in [0.15, 0.2) is 23.3 Å². The van der Waals surface area contributed by atoms with E-state index in [1.54, 1.807) is 60.7 Å². The normalized spacial score (nSPS) is 12.9. The molecule has 2 heterocycles. The third-order valence-corrected chi connectivity index (χ3v) is 10.3. The van der Waals surface area contributed by atoms with Gasteiger partial charge in [-0.15, -0.1) is 0 Å². The molecule has 0 amide bonds. The molecule has 0 aliphatic carbocycles. The molecule has 0 bridgehead atoms. The Morgan fingerprint density at radius 3 is 1.22 bits per heavy atom. The van der Waals surface area contributed by atoms with Gasteiger partial charge in [-0.3, -0.25) is 0 Å². The molecule has 8 aromatic rings. The summed E-state index contributed by atoms with van der Waals surface area (Å²) in [6.45, 7) is 12.2. The van der Waals surface area contributed by atoms with Gasteiger partial charge in [0.25, 0.3) is 0 Å². The molecule has 0 radical (unpaired) electrons. The smallest absolute Gasteiger partial charge is 0.309 e. The van der Waals surface area contributed by atoms with Crippen LogP contribution in [0.4, 0.5) is 30.7 Å². The van der Waals surface area contributed by atoms with E-state index in [1.807, 2.05) is 65.8 Å². The molecule has 0 aliphatic rings. The van der Waals surface area contributed by atoms with Crippen LogP contribution in [-0.4, -0.2) is 9.13 Å². The zero-order valence-corrected chi connectivity index (χ0v) is 30.4. The maximum absolute atomic E-state index is 16.1. The van der Waals surface area contributed by atoms with Gasteiger partial charge in [-0.1, -0.05) is 90.1 Å². The number of alkyl halides is 3. The molecule has 0 saturated carbocycles. The number of para-hydroxylation sites is 2. The Bertz CT molecular complexity index is 2640. The van der Waals surface area contributed by atoms with E-state index in [1.165, 1.54) is 9.13 Å². The summed E-state index contributed by atoms with van der Waals surface area (Å²) in [6, 6.07) is 27.0. The van der Waals surface area contributed by atoms with Crippen LogP contribution in [0.25, 0.3) is 66.1 Å². The third-order valence-electron chi connectivity index (χ3n) is 10.3. The fraction of sp³-hybridized carbons (Fsp3) is 0.200. The number of hydrogen-bond donors (Lipinski definition) is 0. The Labute approximate surface area is 307 Å². The van der Waals surface area contributed by atoms with Crippen LogP contribution in [0, 0.1) is 23.3 Å². The lowest BCUT2D eigenvalue weighted by molar-refractivity contribution is -0.137. The number of nitrogens with zero attached hydrogens (tertiary/aromatic N) is 2. The second-order valence-electron chi connectivity index (χ2n) is 15.9. The van der Waals surface area contributed by atoms with Gasteiger partial charge in [0.1, 0.15) is 5.56 Å². The molecule has 0 unspecified atom stereocenters. The van der Waals surface area contributed by atoms with E-state index in [4.69, 9.17) is 0 Å². The van der Waals surface area contributed by atoms with Crippen LogP contribution in [0.15, 0.2) is 103 Å². The van der Waals surface area contributed by atoms with Gasteiger partial charge in [-0.05, 0) is 76.1 Å². The van der Waals surface area contributed by atoms with Crippen molar-refractivity contribution in [2.24, 2.45) is 0 Å². The van der Waals surface area contributed by atoms with Crippen molar-refractivity contribution in [3.8, 4) is 22.5 Å². The van der Waals surface area contributed by atoms with Crippen molar-refractivity contribution in [2.75, 3.05) is 0 Å². The van der Waals surface area contributed by atoms with Crippen LogP contribution >= 0.6 is 0 Å². The molecular weight excluding hydrogens is 701 g/mol. The van der Waals surface area contributed by atoms with Crippen molar-refractivity contribution in [3.05, 3.63) is 143 Å². The van der Waals surface area contributed by atoms with E-state index in [2.05, 4.69) is 0 Å². The fourth-order valence-electron chi connectivity index (χ4n) is 7.62. The maximum Gasteiger partial charge on any atom is 0.420 e. The lowest BCUT2D eigenvalue weighted by Gasteiger charge is -2.24. The average molecular weight is 737 g/mol. The first kappa shape index (κ1) is 35.5. The Balaban J connectivity index is 1.61. The molecule has 0 spiro atoms. The molecule has 0 saturated heterocycles. The Morgan fingerprint density at radius 1 is 0.444 bits per heavy atom. The molecule has 9 heteroatoms. The van der Waals surface area contributed by atoms with Gasteiger partial charge in [0, 0.05) is 27.6 Å². The minimum atomic E-state index is -5.04. The van der Waals surface area contributed by atoms with E-state index >= 15 is 22.0 Å². The summed E-state index contributed by atoms with van der Waals surface area (Å²) in [4.78, 5) is 0. The van der Waals surface area contributed by atoms with E-state index in [0.717, 1.165) is 23.3 Å². The zero-order chi connectivity index (χ0) is 38.6. The van der Waals surface area contributed by atoms with Gasteiger partial charge in [0.2, 0.25) is 0 Å². The summed E-state index contributed by atoms with van der Waals surface area (Å²) in [6.07, 6.45) is -5.04. The molecule has 0 atom stereocenters. The largest absolute Gasteiger partial charge is 0.420 e.